The van der Waals surface area contributed by atoms with E-state index in [1.165, 1.54) is 0 Å². The number of thiol groups is 1. The van der Waals surface area contributed by atoms with Crippen LogP contribution in [0.3, 0.4) is 0 Å². The quantitative estimate of drug-likeness (QED) is 0.562. The fourth-order valence-corrected chi connectivity index (χ4v) is 2.00. The van der Waals surface area contributed by atoms with Gasteiger partial charge in [0.1, 0.15) is 0 Å². The third kappa shape index (κ3) is 5.94. The van der Waals surface area contributed by atoms with E-state index >= 15 is 0 Å². The van der Waals surface area contributed by atoms with E-state index in [0.717, 1.165) is 4.90 Å². The number of hydrogen-bond acceptors (Lipinski definition) is 4. The van der Waals surface area contributed by atoms with E-state index in [4.69, 9.17) is 9.47 Å². The summed E-state index contributed by atoms with van der Waals surface area (Å²) in [7, 11) is 0. The van der Waals surface area contributed by atoms with Crippen molar-refractivity contribution in [1.82, 2.24) is 4.90 Å². The number of rotatable bonds is 9. The molecule has 0 N–H and O–H groups in total. The van der Waals surface area contributed by atoms with Crippen LogP contribution in [0.1, 0.15) is 24.2 Å². The second-order valence-electron chi connectivity index (χ2n) is 4.24. The third-order valence-electron chi connectivity index (χ3n) is 2.80. The highest BCUT2D eigenvalue weighted by Crippen LogP contribution is 2.11. The van der Waals surface area contributed by atoms with E-state index in [1.807, 2.05) is 26.0 Å². The van der Waals surface area contributed by atoms with E-state index in [9.17, 15) is 4.79 Å². The highest BCUT2D eigenvalue weighted by Gasteiger charge is 2.15. The molecule has 0 saturated heterocycles. The molecule has 0 unspecified atom stereocenters. The van der Waals surface area contributed by atoms with Gasteiger partial charge in [0.2, 0.25) is 0 Å². The first kappa shape index (κ1) is 17.0. The largest absolute Gasteiger partial charge is 0.380 e. The molecule has 0 fully saturated rings. The van der Waals surface area contributed by atoms with Gasteiger partial charge in [0, 0.05) is 36.8 Å². The van der Waals surface area contributed by atoms with Gasteiger partial charge in [0.25, 0.3) is 5.91 Å². The van der Waals surface area contributed by atoms with E-state index in [-0.39, 0.29) is 5.91 Å². The van der Waals surface area contributed by atoms with Gasteiger partial charge < -0.3 is 14.4 Å². The number of benzene rings is 1. The van der Waals surface area contributed by atoms with Gasteiger partial charge in [-0.25, -0.2) is 0 Å². The predicted octanol–water partition coefficient (Wildman–Crippen LogP) is 2.49. The first-order valence-corrected chi connectivity index (χ1v) is 7.37. The first-order valence-electron chi connectivity index (χ1n) is 6.92. The fraction of sp³-hybridized carbons (Fsp3) is 0.533. The van der Waals surface area contributed by atoms with Gasteiger partial charge in [-0.05, 0) is 32.0 Å². The highest BCUT2D eigenvalue weighted by molar-refractivity contribution is 7.80. The minimum absolute atomic E-state index is 0.0136. The van der Waals surface area contributed by atoms with Gasteiger partial charge in [0.05, 0.1) is 13.2 Å². The smallest absolute Gasteiger partial charge is 0.254 e. The molecule has 1 aromatic carbocycles. The van der Waals surface area contributed by atoms with Gasteiger partial charge >= 0.3 is 0 Å². The lowest BCUT2D eigenvalue weighted by atomic mass is 10.2. The average molecular weight is 297 g/mol. The van der Waals surface area contributed by atoms with Crippen molar-refractivity contribution in [3.63, 3.8) is 0 Å². The number of amides is 1. The molecule has 5 heteroatoms. The average Bonchev–Trinajstić information content (AvgIpc) is 2.45. The summed E-state index contributed by atoms with van der Waals surface area (Å²) in [5, 5.41) is 0. The summed E-state index contributed by atoms with van der Waals surface area (Å²) in [6.45, 7) is 7.39. The molecule has 0 aromatic heterocycles. The summed E-state index contributed by atoms with van der Waals surface area (Å²) in [6.07, 6.45) is 0. The van der Waals surface area contributed by atoms with Crippen LogP contribution in [0.2, 0.25) is 0 Å². The first-order chi connectivity index (χ1) is 9.69. The molecule has 0 spiro atoms. The monoisotopic (exact) mass is 297 g/mol. The Morgan fingerprint density at radius 3 is 2.25 bits per heavy atom. The summed E-state index contributed by atoms with van der Waals surface area (Å²) < 4.78 is 10.7. The number of nitrogens with zero attached hydrogens (tertiary/aromatic N) is 1. The van der Waals surface area contributed by atoms with Crippen LogP contribution in [0.15, 0.2) is 29.2 Å². The summed E-state index contributed by atoms with van der Waals surface area (Å²) in [5.74, 6) is -0.0136. The van der Waals surface area contributed by atoms with Crippen molar-refractivity contribution >= 4 is 18.5 Å². The number of hydrogen-bond donors (Lipinski definition) is 1. The zero-order chi connectivity index (χ0) is 14.8. The molecule has 0 heterocycles. The van der Waals surface area contributed by atoms with E-state index in [0.29, 0.717) is 45.1 Å². The molecule has 1 amide bonds. The molecule has 0 radical (unpaired) electrons. The van der Waals surface area contributed by atoms with E-state index < -0.39 is 0 Å². The van der Waals surface area contributed by atoms with Crippen LogP contribution < -0.4 is 0 Å². The summed E-state index contributed by atoms with van der Waals surface area (Å²) >= 11 is 4.27. The maximum atomic E-state index is 12.5. The van der Waals surface area contributed by atoms with Crippen LogP contribution in [0.25, 0.3) is 0 Å². The van der Waals surface area contributed by atoms with Crippen molar-refractivity contribution in [2.24, 2.45) is 0 Å². The van der Waals surface area contributed by atoms with Crippen LogP contribution in [0.5, 0.6) is 0 Å². The molecule has 1 aromatic rings. The van der Waals surface area contributed by atoms with Gasteiger partial charge in [-0.15, -0.1) is 12.6 Å². The normalized spacial score (nSPS) is 10.6. The zero-order valence-corrected chi connectivity index (χ0v) is 13.1. The Labute approximate surface area is 126 Å². The summed E-state index contributed by atoms with van der Waals surface area (Å²) in [5.41, 5.74) is 0.644. The zero-order valence-electron chi connectivity index (χ0n) is 12.2. The van der Waals surface area contributed by atoms with Gasteiger partial charge in [0.15, 0.2) is 0 Å². The maximum absolute atomic E-state index is 12.5. The minimum Gasteiger partial charge on any atom is -0.380 e. The number of ether oxygens (including phenoxy) is 2. The minimum atomic E-state index is -0.0136. The van der Waals surface area contributed by atoms with Crippen molar-refractivity contribution in [3.8, 4) is 0 Å². The molecule has 0 bridgehead atoms. The Morgan fingerprint density at radius 2 is 1.75 bits per heavy atom. The Kier molecular flexibility index (Phi) is 8.34. The van der Waals surface area contributed by atoms with E-state index in [1.54, 1.807) is 17.0 Å². The Balaban J connectivity index is 2.66. The van der Waals surface area contributed by atoms with Crippen molar-refractivity contribution in [3.05, 3.63) is 29.8 Å². The SMILES string of the molecule is CCOCCN(CCOCC)C(=O)c1cccc(S)c1. The molecule has 1 rings (SSSR count). The van der Waals surface area contributed by atoms with Gasteiger partial charge in [-0.2, -0.15) is 0 Å². The molecule has 0 aliphatic carbocycles. The summed E-state index contributed by atoms with van der Waals surface area (Å²) in [4.78, 5) is 15.0. The number of carbonyl (C=O) groups is 1. The molecule has 0 atom stereocenters. The molecule has 20 heavy (non-hydrogen) atoms. The third-order valence-corrected chi connectivity index (χ3v) is 3.08. The van der Waals surface area contributed by atoms with Crippen LogP contribution in [-0.2, 0) is 9.47 Å². The lowest BCUT2D eigenvalue weighted by Crippen LogP contribution is -2.36. The lowest BCUT2D eigenvalue weighted by Gasteiger charge is -2.22. The highest BCUT2D eigenvalue weighted by atomic mass is 32.1. The van der Waals surface area contributed by atoms with Crippen molar-refractivity contribution in [2.75, 3.05) is 39.5 Å². The Morgan fingerprint density at radius 1 is 1.15 bits per heavy atom. The standard InChI is InChI=1S/C15H23NO3S/c1-3-18-10-8-16(9-11-19-4-2)15(17)13-6-5-7-14(20)12-13/h5-7,12,20H,3-4,8-11H2,1-2H3. The molecular weight excluding hydrogens is 274 g/mol. The lowest BCUT2D eigenvalue weighted by molar-refractivity contribution is 0.0550. The summed E-state index contributed by atoms with van der Waals surface area (Å²) in [6, 6.07) is 7.26. The molecule has 0 aliphatic heterocycles. The Hall–Kier alpha value is -1.04. The van der Waals surface area contributed by atoms with Crippen molar-refractivity contribution < 1.29 is 14.3 Å². The van der Waals surface area contributed by atoms with Crippen molar-refractivity contribution in [2.45, 2.75) is 18.7 Å². The molecule has 112 valence electrons. The topological polar surface area (TPSA) is 38.8 Å². The van der Waals surface area contributed by atoms with Crippen molar-refractivity contribution in [1.29, 1.82) is 0 Å². The number of carbonyl (C=O) groups excluding carboxylic acids is 1. The Bertz CT molecular complexity index is 402. The second kappa shape index (κ2) is 9.80. The van der Waals surface area contributed by atoms with Gasteiger partial charge in [-0.1, -0.05) is 6.07 Å². The van der Waals surface area contributed by atoms with Crippen LogP contribution in [0.4, 0.5) is 0 Å². The van der Waals surface area contributed by atoms with Crippen LogP contribution in [-0.4, -0.2) is 50.3 Å². The molecule has 0 saturated carbocycles. The van der Waals surface area contributed by atoms with Crippen LogP contribution in [0, 0.1) is 0 Å². The molecular formula is C15H23NO3S. The fourth-order valence-electron chi connectivity index (χ4n) is 1.77. The van der Waals surface area contributed by atoms with E-state index in [2.05, 4.69) is 12.6 Å². The molecule has 0 aliphatic rings. The molecule has 4 nitrogen and oxygen atoms in total. The van der Waals surface area contributed by atoms with Crippen LogP contribution >= 0.6 is 12.6 Å². The van der Waals surface area contributed by atoms with Gasteiger partial charge in [-0.3, -0.25) is 4.79 Å². The predicted molar refractivity (Wildman–Crippen MR) is 82.6 cm³/mol. The maximum Gasteiger partial charge on any atom is 0.254 e. The second-order valence-corrected chi connectivity index (χ2v) is 4.75.